The van der Waals surface area contributed by atoms with Crippen LogP contribution in [-0.2, 0) is 20.7 Å². The van der Waals surface area contributed by atoms with Crippen molar-refractivity contribution in [2.75, 3.05) is 0 Å². The summed E-state index contributed by atoms with van der Waals surface area (Å²) < 4.78 is 10.8. The lowest BCUT2D eigenvalue weighted by molar-refractivity contribution is -0.157. The quantitative estimate of drug-likeness (QED) is 0.752. The molecule has 28 heavy (non-hydrogen) atoms. The number of carbonyl (C=O) groups is 2. The van der Waals surface area contributed by atoms with Gasteiger partial charge in [-0.2, -0.15) is 0 Å². The predicted molar refractivity (Wildman–Crippen MR) is 110 cm³/mol. The molecule has 1 aromatic carbocycles. The van der Waals surface area contributed by atoms with Gasteiger partial charge in [0.1, 0.15) is 17.2 Å². The average Bonchev–Trinajstić information content (AvgIpc) is 2.86. The summed E-state index contributed by atoms with van der Waals surface area (Å²) in [5, 5.41) is 3.72. The van der Waals surface area contributed by atoms with Crippen LogP contribution >= 0.6 is 0 Å². The molecular weight excluding hydrogens is 356 g/mol. The molecule has 154 valence electrons. The van der Waals surface area contributed by atoms with Gasteiger partial charge in [0.05, 0.1) is 0 Å². The van der Waals surface area contributed by atoms with Gasteiger partial charge < -0.3 is 19.8 Å². The van der Waals surface area contributed by atoms with Gasteiger partial charge in [0.15, 0.2) is 0 Å². The summed E-state index contributed by atoms with van der Waals surface area (Å²) in [4.78, 5) is 28.3. The highest BCUT2D eigenvalue weighted by Gasteiger charge is 2.29. The number of ether oxygens (including phenoxy) is 2. The Morgan fingerprint density at radius 2 is 1.64 bits per heavy atom. The molecule has 6 heteroatoms. The van der Waals surface area contributed by atoms with E-state index < -0.39 is 29.3 Å². The van der Waals surface area contributed by atoms with Gasteiger partial charge in [-0.15, -0.1) is 0 Å². The lowest BCUT2D eigenvalue weighted by Crippen LogP contribution is -2.47. The SMILES string of the molecule is Cc1cc(C)c2[nH]cc(C[C@H](NC(=O)OC(C)(C)C)C(=O)OC(C)(C)C)c2c1. The van der Waals surface area contributed by atoms with E-state index in [1.165, 1.54) is 0 Å². The van der Waals surface area contributed by atoms with Gasteiger partial charge in [0.25, 0.3) is 0 Å². The smallest absolute Gasteiger partial charge is 0.408 e. The third-order valence-corrected chi connectivity index (χ3v) is 4.02. The second-order valence-corrected chi connectivity index (χ2v) is 9.25. The van der Waals surface area contributed by atoms with Crippen LogP contribution in [0.5, 0.6) is 0 Å². The third-order valence-electron chi connectivity index (χ3n) is 4.02. The number of alkyl carbamates (subject to hydrolysis) is 1. The van der Waals surface area contributed by atoms with E-state index in [-0.39, 0.29) is 0 Å². The summed E-state index contributed by atoms with van der Waals surface area (Å²) in [7, 11) is 0. The molecule has 0 spiro atoms. The molecule has 1 amide bonds. The molecule has 0 aliphatic rings. The molecule has 0 bridgehead atoms. The summed E-state index contributed by atoms with van der Waals surface area (Å²) in [6.07, 6.45) is 1.54. The summed E-state index contributed by atoms with van der Waals surface area (Å²) >= 11 is 0. The second-order valence-electron chi connectivity index (χ2n) is 9.25. The van der Waals surface area contributed by atoms with Crippen LogP contribution in [-0.4, -0.2) is 34.3 Å². The van der Waals surface area contributed by atoms with Crippen LogP contribution in [0, 0.1) is 13.8 Å². The topological polar surface area (TPSA) is 80.4 Å². The first-order valence-corrected chi connectivity index (χ1v) is 9.55. The van der Waals surface area contributed by atoms with E-state index >= 15 is 0 Å². The van der Waals surface area contributed by atoms with Gasteiger partial charge >= 0.3 is 12.1 Å². The number of H-pyrrole nitrogens is 1. The highest BCUT2D eigenvalue weighted by Crippen LogP contribution is 2.25. The predicted octanol–water partition coefficient (Wildman–Crippen LogP) is 4.56. The zero-order valence-corrected chi connectivity index (χ0v) is 18.1. The maximum atomic E-state index is 12.8. The molecule has 0 radical (unpaired) electrons. The van der Waals surface area contributed by atoms with Crippen LogP contribution < -0.4 is 5.32 Å². The Balaban J connectivity index is 2.31. The van der Waals surface area contributed by atoms with E-state index in [1.807, 2.05) is 20.0 Å². The van der Waals surface area contributed by atoms with Crippen molar-refractivity contribution < 1.29 is 19.1 Å². The minimum atomic E-state index is -0.853. The number of hydrogen-bond acceptors (Lipinski definition) is 4. The number of hydrogen-bond donors (Lipinski definition) is 2. The lowest BCUT2D eigenvalue weighted by atomic mass is 10.0. The number of carbonyl (C=O) groups excluding carboxylic acids is 2. The van der Waals surface area contributed by atoms with Crippen molar-refractivity contribution in [3.8, 4) is 0 Å². The van der Waals surface area contributed by atoms with E-state index in [9.17, 15) is 9.59 Å². The van der Waals surface area contributed by atoms with E-state index in [0.717, 1.165) is 27.6 Å². The van der Waals surface area contributed by atoms with Gasteiger partial charge in [0, 0.05) is 23.5 Å². The molecule has 1 aromatic heterocycles. The molecule has 0 saturated carbocycles. The fraction of sp³-hybridized carbons (Fsp3) is 0.545. The van der Waals surface area contributed by atoms with Crippen molar-refractivity contribution in [2.24, 2.45) is 0 Å². The van der Waals surface area contributed by atoms with Crippen LogP contribution in [0.25, 0.3) is 10.9 Å². The van der Waals surface area contributed by atoms with Gasteiger partial charge in [0.2, 0.25) is 0 Å². The van der Waals surface area contributed by atoms with Crippen molar-refractivity contribution >= 4 is 23.0 Å². The number of benzene rings is 1. The fourth-order valence-electron chi connectivity index (χ4n) is 3.05. The number of aromatic amines is 1. The molecule has 0 aliphatic heterocycles. The number of aromatic nitrogens is 1. The maximum absolute atomic E-state index is 12.8. The normalized spacial score (nSPS) is 13.3. The summed E-state index contributed by atoms with van der Waals surface area (Å²) in [5.74, 6) is -0.489. The van der Waals surface area contributed by atoms with Gasteiger partial charge in [-0.1, -0.05) is 11.6 Å². The molecule has 2 rings (SSSR count). The standard InChI is InChI=1S/C22H32N2O4/c1-13-9-14(2)18-16(10-13)15(12-23-18)11-17(19(25)27-21(3,4)5)24-20(26)28-22(6,7)8/h9-10,12,17,23H,11H2,1-8H3,(H,24,26)/t17-/m0/s1. The van der Waals surface area contributed by atoms with Gasteiger partial charge in [-0.3, -0.25) is 0 Å². The Morgan fingerprint density at radius 3 is 2.21 bits per heavy atom. The maximum Gasteiger partial charge on any atom is 0.408 e. The van der Waals surface area contributed by atoms with Crippen molar-refractivity contribution in [1.82, 2.24) is 10.3 Å². The van der Waals surface area contributed by atoms with Crippen LogP contribution in [0.2, 0.25) is 0 Å². The second kappa shape index (κ2) is 7.86. The van der Waals surface area contributed by atoms with E-state index in [0.29, 0.717) is 6.42 Å². The highest BCUT2D eigenvalue weighted by atomic mass is 16.6. The Labute approximate surface area is 167 Å². The first kappa shape index (κ1) is 21.8. The van der Waals surface area contributed by atoms with E-state index in [2.05, 4.69) is 22.4 Å². The van der Waals surface area contributed by atoms with Crippen LogP contribution in [0.15, 0.2) is 18.3 Å². The molecule has 6 nitrogen and oxygen atoms in total. The zero-order valence-electron chi connectivity index (χ0n) is 18.1. The van der Waals surface area contributed by atoms with Gasteiger partial charge in [-0.05, 0) is 72.6 Å². The van der Waals surface area contributed by atoms with Crippen molar-refractivity contribution in [3.05, 3.63) is 35.0 Å². The Hall–Kier alpha value is -2.50. The number of esters is 1. The first-order chi connectivity index (χ1) is 12.7. The van der Waals surface area contributed by atoms with E-state index in [1.54, 1.807) is 41.5 Å². The number of fused-ring (bicyclic) bond motifs is 1. The molecule has 2 N–H and O–H groups in total. The van der Waals surface area contributed by atoms with Crippen LogP contribution in [0.1, 0.15) is 58.2 Å². The molecule has 0 saturated heterocycles. The lowest BCUT2D eigenvalue weighted by Gasteiger charge is -2.26. The van der Waals surface area contributed by atoms with Crippen molar-refractivity contribution in [3.63, 3.8) is 0 Å². The summed E-state index contributed by atoms with van der Waals surface area (Å²) in [5.41, 5.74) is 2.93. The number of rotatable bonds is 4. The molecule has 2 aromatic rings. The van der Waals surface area contributed by atoms with Crippen molar-refractivity contribution in [1.29, 1.82) is 0 Å². The minimum Gasteiger partial charge on any atom is -0.458 e. The molecule has 1 atom stereocenters. The first-order valence-electron chi connectivity index (χ1n) is 9.55. The molecule has 0 fully saturated rings. The molecular formula is C22H32N2O4. The Kier molecular flexibility index (Phi) is 6.12. The number of aryl methyl sites for hydroxylation is 2. The van der Waals surface area contributed by atoms with Crippen LogP contribution in [0.3, 0.4) is 0 Å². The number of amides is 1. The average molecular weight is 389 g/mol. The fourth-order valence-corrected chi connectivity index (χ4v) is 3.05. The monoisotopic (exact) mass is 388 g/mol. The molecule has 0 unspecified atom stereocenters. The van der Waals surface area contributed by atoms with E-state index in [4.69, 9.17) is 9.47 Å². The summed E-state index contributed by atoms with van der Waals surface area (Å²) in [6.45, 7) is 14.8. The Bertz CT molecular complexity index is 869. The molecule has 0 aliphatic carbocycles. The number of nitrogens with one attached hydrogen (secondary N) is 2. The minimum absolute atomic E-state index is 0.303. The highest BCUT2D eigenvalue weighted by molar-refractivity contribution is 5.88. The third kappa shape index (κ3) is 6.01. The van der Waals surface area contributed by atoms with Crippen LogP contribution in [0.4, 0.5) is 4.79 Å². The van der Waals surface area contributed by atoms with Crippen molar-refractivity contribution in [2.45, 2.75) is 79.1 Å². The zero-order chi connectivity index (χ0) is 21.3. The summed E-state index contributed by atoms with van der Waals surface area (Å²) in [6, 6.07) is 3.33. The largest absolute Gasteiger partial charge is 0.458 e. The molecule has 1 heterocycles. The van der Waals surface area contributed by atoms with Gasteiger partial charge in [-0.25, -0.2) is 9.59 Å². The Morgan fingerprint density at radius 1 is 1.04 bits per heavy atom.